The van der Waals surface area contributed by atoms with Crippen LogP contribution in [-0.4, -0.2) is 25.0 Å². The quantitative estimate of drug-likeness (QED) is 0.852. The van der Waals surface area contributed by atoms with Crippen molar-refractivity contribution >= 4 is 29.1 Å². The normalized spacial score (nSPS) is 17.9. The van der Waals surface area contributed by atoms with Gasteiger partial charge in [0.25, 0.3) is 5.91 Å². The summed E-state index contributed by atoms with van der Waals surface area (Å²) in [5, 5.41) is 4.31. The second kappa shape index (κ2) is 6.12. The van der Waals surface area contributed by atoms with E-state index >= 15 is 0 Å². The Morgan fingerprint density at radius 2 is 2.16 bits per heavy atom. The van der Waals surface area contributed by atoms with Crippen LogP contribution < -0.4 is 10.2 Å². The van der Waals surface area contributed by atoms with E-state index < -0.39 is 0 Å². The first-order chi connectivity index (χ1) is 8.97. The zero-order valence-corrected chi connectivity index (χ0v) is 12.7. The number of rotatable bonds is 5. The largest absolute Gasteiger partial charge is 0.348 e. The third kappa shape index (κ3) is 4.10. The Balaban J connectivity index is 1.94. The van der Waals surface area contributed by atoms with Gasteiger partial charge in [0, 0.05) is 16.6 Å². The molecule has 2 N–H and O–H groups in total. The van der Waals surface area contributed by atoms with Crippen LogP contribution in [0.2, 0.25) is 10.0 Å². The Bertz CT molecular complexity index is 475. The molecule has 19 heavy (non-hydrogen) atoms. The van der Waals surface area contributed by atoms with Gasteiger partial charge in [-0.1, -0.05) is 29.3 Å². The Labute approximate surface area is 123 Å². The molecule has 1 aliphatic carbocycles. The number of likely N-dealkylation sites (N-methyl/N-ethyl adjacent to an activating group) is 1. The fraction of sp³-hybridized carbons (Fsp3) is 0.500. The van der Waals surface area contributed by atoms with Crippen LogP contribution in [-0.2, 0) is 11.3 Å². The van der Waals surface area contributed by atoms with Crippen LogP contribution in [0.25, 0.3) is 0 Å². The van der Waals surface area contributed by atoms with Crippen LogP contribution in [0.1, 0.15) is 25.3 Å². The number of hydrogen-bond donors (Lipinski definition) is 2. The summed E-state index contributed by atoms with van der Waals surface area (Å²) in [5.74, 6) is 0.116. The minimum absolute atomic E-state index is 0.0904. The first kappa shape index (κ1) is 14.6. The number of benzene rings is 1. The molecule has 0 radical (unpaired) electrons. The molecule has 1 fully saturated rings. The molecule has 104 valence electrons. The Hall–Kier alpha value is -0.770. The lowest BCUT2D eigenvalue weighted by Gasteiger charge is -2.21. The predicted molar refractivity (Wildman–Crippen MR) is 77.7 cm³/mol. The van der Waals surface area contributed by atoms with Crippen molar-refractivity contribution in [3.8, 4) is 0 Å². The average Bonchev–Trinajstić information content (AvgIpc) is 3.15. The van der Waals surface area contributed by atoms with Gasteiger partial charge >= 0.3 is 0 Å². The van der Waals surface area contributed by atoms with E-state index in [4.69, 9.17) is 23.2 Å². The Morgan fingerprint density at radius 3 is 2.74 bits per heavy atom. The van der Waals surface area contributed by atoms with Crippen molar-refractivity contribution in [2.24, 2.45) is 0 Å². The minimum atomic E-state index is -0.0904. The molecule has 1 saturated carbocycles. The minimum Gasteiger partial charge on any atom is -0.348 e. The first-order valence-electron chi connectivity index (χ1n) is 6.54. The molecule has 1 aromatic rings. The molecule has 1 aromatic carbocycles. The van der Waals surface area contributed by atoms with E-state index in [-0.39, 0.29) is 11.9 Å². The molecule has 0 bridgehead atoms. The summed E-state index contributed by atoms with van der Waals surface area (Å²) in [5.41, 5.74) is 1.01. The number of halogens is 2. The van der Waals surface area contributed by atoms with Crippen molar-refractivity contribution in [1.82, 2.24) is 5.32 Å². The Kier molecular flexibility index (Phi) is 4.71. The van der Waals surface area contributed by atoms with Gasteiger partial charge in [-0.25, -0.2) is 0 Å². The van der Waals surface area contributed by atoms with Crippen LogP contribution in [0.3, 0.4) is 0 Å². The van der Waals surface area contributed by atoms with Gasteiger partial charge in [-0.05, 0) is 31.9 Å². The van der Waals surface area contributed by atoms with Crippen molar-refractivity contribution in [3.63, 3.8) is 0 Å². The van der Waals surface area contributed by atoms with Crippen molar-refractivity contribution in [2.45, 2.75) is 38.4 Å². The molecule has 0 aliphatic heterocycles. The Morgan fingerprint density at radius 1 is 1.47 bits per heavy atom. The molecule has 0 heterocycles. The van der Waals surface area contributed by atoms with Crippen LogP contribution >= 0.6 is 23.2 Å². The number of quaternary nitrogens is 1. The zero-order valence-electron chi connectivity index (χ0n) is 11.2. The van der Waals surface area contributed by atoms with Gasteiger partial charge in [0.2, 0.25) is 0 Å². The van der Waals surface area contributed by atoms with E-state index in [1.807, 2.05) is 26.1 Å². The molecule has 1 amide bonds. The molecule has 5 heteroatoms. The standard InChI is InChI=1S/C14H18Cl2N2O/c1-9(14(19)17-12-5-6-12)18(2)8-10-3-4-11(15)7-13(10)16/h3-4,7,9,12H,5-6,8H2,1-2H3,(H,17,19)/p+1/t9-/m0/s1. The van der Waals surface area contributed by atoms with Gasteiger partial charge in [-0.3, -0.25) is 4.79 Å². The molecule has 1 unspecified atom stereocenters. The molecule has 0 saturated heterocycles. The lowest BCUT2D eigenvalue weighted by molar-refractivity contribution is -0.908. The number of carbonyl (C=O) groups is 1. The van der Waals surface area contributed by atoms with E-state index in [2.05, 4.69) is 5.32 Å². The number of carbonyl (C=O) groups excluding carboxylic acids is 1. The molecule has 2 atom stereocenters. The van der Waals surface area contributed by atoms with Gasteiger partial charge in [0.1, 0.15) is 6.54 Å². The third-order valence-electron chi connectivity index (χ3n) is 3.54. The number of hydrogen-bond acceptors (Lipinski definition) is 1. The summed E-state index contributed by atoms with van der Waals surface area (Å²) in [6.45, 7) is 2.64. The van der Waals surface area contributed by atoms with Crippen LogP contribution in [0.5, 0.6) is 0 Å². The van der Waals surface area contributed by atoms with Crippen LogP contribution in [0, 0.1) is 0 Å². The highest BCUT2D eigenvalue weighted by atomic mass is 35.5. The van der Waals surface area contributed by atoms with E-state index in [1.165, 1.54) is 0 Å². The predicted octanol–water partition coefficient (Wildman–Crippen LogP) is 1.68. The van der Waals surface area contributed by atoms with Crippen molar-refractivity contribution in [2.75, 3.05) is 7.05 Å². The first-order valence-corrected chi connectivity index (χ1v) is 7.29. The van der Waals surface area contributed by atoms with Crippen LogP contribution in [0.4, 0.5) is 0 Å². The SMILES string of the molecule is C[C@@H](C(=O)NC1CC1)[NH+](C)Cc1ccc(Cl)cc1Cl. The van der Waals surface area contributed by atoms with E-state index in [0.717, 1.165) is 23.3 Å². The molecule has 1 aliphatic rings. The topological polar surface area (TPSA) is 33.5 Å². The summed E-state index contributed by atoms with van der Waals surface area (Å²) in [7, 11) is 2.00. The average molecular weight is 302 g/mol. The van der Waals surface area contributed by atoms with Crippen LogP contribution in [0.15, 0.2) is 18.2 Å². The molecule has 3 nitrogen and oxygen atoms in total. The summed E-state index contributed by atoms with van der Waals surface area (Å²) in [4.78, 5) is 13.1. The smallest absolute Gasteiger partial charge is 0.278 e. The second-order valence-electron chi connectivity index (χ2n) is 5.26. The lowest BCUT2D eigenvalue weighted by Crippen LogP contribution is -3.12. The molecular weight excluding hydrogens is 283 g/mol. The van der Waals surface area contributed by atoms with E-state index in [9.17, 15) is 4.79 Å². The van der Waals surface area contributed by atoms with E-state index in [0.29, 0.717) is 22.6 Å². The lowest BCUT2D eigenvalue weighted by atomic mass is 10.2. The highest BCUT2D eigenvalue weighted by molar-refractivity contribution is 6.35. The molecule has 0 aromatic heterocycles. The van der Waals surface area contributed by atoms with Gasteiger partial charge in [-0.15, -0.1) is 0 Å². The van der Waals surface area contributed by atoms with Crippen molar-refractivity contribution < 1.29 is 9.69 Å². The summed E-state index contributed by atoms with van der Waals surface area (Å²) in [6.07, 6.45) is 2.22. The van der Waals surface area contributed by atoms with Gasteiger partial charge in [0.05, 0.1) is 12.1 Å². The summed E-state index contributed by atoms with van der Waals surface area (Å²) >= 11 is 12.0. The second-order valence-corrected chi connectivity index (χ2v) is 6.11. The molecular formula is C14H19Cl2N2O+. The zero-order chi connectivity index (χ0) is 14.0. The monoisotopic (exact) mass is 301 g/mol. The summed E-state index contributed by atoms with van der Waals surface area (Å²) < 4.78 is 0. The summed E-state index contributed by atoms with van der Waals surface area (Å²) in [6, 6.07) is 5.79. The fourth-order valence-corrected chi connectivity index (χ4v) is 2.37. The van der Waals surface area contributed by atoms with Crippen molar-refractivity contribution in [1.29, 1.82) is 0 Å². The fourth-order valence-electron chi connectivity index (χ4n) is 1.90. The maximum Gasteiger partial charge on any atom is 0.278 e. The maximum atomic E-state index is 12.0. The third-order valence-corrected chi connectivity index (χ3v) is 4.13. The van der Waals surface area contributed by atoms with Gasteiger partial charge in [0.15, 0.2) is 6.04 Å². The molecule has 2 rings (SSSR count). The maximum absolute atomic E-state index is 12.0. The highest BCUT2D eigenvalue weighted by Gasteiger charge is 2.29. The molecule has 0 spiro atoms. The number of nitrogens with one attached hydrogen (secondary N) is 2. The van der Waals surface area contributed by atoms with Crippen molar-refractivity contribution in [3.05, 3.63) is 33.8 Å². The van der Waals surface area contributed by atoms with Gasteiger partial charge < -0.3 is 10.2 Å². The van der Waals surface area contributed by atoms with E-state index in [1.54, 1.807) is 6.07 Å². The van der Waals surface area contributed by atoms with Gasteiger partial charge in [-0.2, -0.15) is 0 Å². The highest BCUT2D eigenvalue weighted by Crippen LogP contribution is 2.20. The number of amides is 1.